The van der Waals surface area contributed by atoms with Crippen LogP contribution in [-0.4, -0.2) is 56.6 Å². The minimum absolute atomic E-state index is 0.480. The summed E-state index contributed by atoms with van der Waals surface area (Å²) < 4.78 is 10.8. The van der Waals surface area contributed by atoms with Gasteiger partial charge >= 0.3 is 11.8 Å². The van der Waals surface area contributed by atoms with Gasteiger partial charge < -0.3 is 24.6 Å². The van der Waals surface area contributed by atoms with E-state index in [9.17, 15) is 9.59 Å². The molecule has 1 saturated heterocycles. The van der Waals surface area contributed by atoms with E-state index in [4.69, 9.17) is 9.47 Å². The number of nitrogens with one attached hydrogen (secondary N) is 1. The van der Waals surface area contributed by atoms with Crippen molar-refractivity contribution in [1.82, 2.24) is 4.90 Å². The summed E-state index contributed by atoms with van der Waals surface area (Å²) in [7, 11) is 1.64. The van der Waals surface area contributed by atoms with E-state index in [0.29, 0.717) is 38.5 Å². The SMILES string of the molecule is CCOc1ccc(NC(=O)C(=O)N2CCN(c3ccccc3OC)CC2)cc1. The fourth-order valence-corrected chi connectivity index (χ4v) is 3.17. The molecular weight excluding hydrogens is 358 g/mol. The molecule has 7 nitrogen and oxygen atoms in total. The summed E-state index contributed by atoms with van der Waals surface area (Å²) in [5.74, 6) is 0.373. The van der Waals surface area contributed by atoms with Crippen molar-refractivity contribution in [3.05, 3.63) is 48.5 Å². The zero-order chi connectivity index (χ0) is 19.9. The van der Waals surface area contributed by atoms with Crippen molar-refractivity contribution in [2.75, 3.05) is 50.1 Å². The number of ether oxygens (including phenoxy) is 2. The van der Waals surface area contributed by atoms with E-state index in [1.54, 1.807) is 36.3 Å². The van der Waals surface area contributed by atoms with E-state index < -0.39 is 11.8 Å². The fraction of sp³-hybridized carbons (Fsp3) is 0.333. The molecule has 1 heterocycles. The molecule has 3 rings (SSSR count). The smallest absolute Gasteiger partial charge is 0.313 e. The highest BCUT2D eigenvalue weighted by atomic mass is 16.5. The Hall–Kier alpha value is -3.22. The van der Waals surface area contributed by atoms with Crippen LogP contribution in [0.4, 0.5) is 11.4 Å². The number of para-hydroxylation sites is 2. The molecule has 0 bridgehead atoms. The number of anilines is 2. The van der Waals surface area contributed by atoms with E-state index >= 15 is 0 Å². The van der Waals surface area contributed by atoms with Crippen LogP contribution in [0.1, 0.15) is 6.92 Å². The van der Waals surface area contributed by atoms with Gasteiger partial charge in [0.2, 0.25) is 0 Å². The van der Waals surface area contributed by atoms with Crippen LogP contribution < -0.4 is 19.7 Å². The first kappa shape index (κ1) is 19.5. The lowest BCUT2D eigenvalue weighted by molar-refractivity contribution is -0.143. The van der Waals surface area contributed by atoms with Crippen molar-refractivity contribution >= 4 is 23.2 Å². The first-order chi connectivity index (χ1) is 13.6. The van der Waals surface area contributed by atoms with Crippen LogP contribution in [0, 0.1) is 0 Å². The van der Waals surface area contributed by atoms with Gasteiger partial charge in [-0.1, -0.05) is 12.1 Å². The van der Waals surface area contributed by atoms with Gasteiger partial charge in [0.25, 0.3) is 0 Å². The minimum Gasteiger partial charge on any atom is -0.495 e. The lowest BCUT2D eigenvalue weighted by Crippen LogP contribution is -2.51. The van der Waals surface area contributed by atoms with E-state index in [2.05, 4.69) is 10.2 Å². The summed E-state index contributed by atoms with van der Waals surface area (Å²) >= 11 is 0. The molecule has 1 aliphatic heterocycles. The first-order valence-corrected chi connectivity index (χ1v) is 9.33. The van der Waals surface area contributed by atoms with Crippen molar-refractivity contribution in [1.29, 1.82) is 0 Å². The van der Waals surface area contributed by atoms with Gasteiger partial charge in [-0.15, -0.1) is 0 Å². The Morgan fingerprint density at radius 1 is 1.00 bits per heavy atom. The molecule has 0 aromatic heterocycles. The summed E-state index contributed by atoms with van der Waals surface area (Å²) in [5, 5.41) is 2.65. The Bertz CT molecular complexity index is 815. The summed E-state index contributed by atoms with van der Waals surface area (Å²) in [4.78, 5) is 28.5. The maximum absolute atomic E-state index is 12.5. The summed E-state index contributed by atoms with van der Waals surface area (Å²) in [6.07, 6.45) is 0. The normalized spacial score (nSPS) is 13.8. The molecule has 0 radical (unpaired) electrons. The van der Waals surface area contributed by atoms with Crippen LogP contribution in [0.3, 0.4) is 0 Å². The van der Waals surface area contributed by atoms with Crippen LogP contribution in [0.15, 0.2) is 48.5 Å². The number of piperazine rings is 1. The summed E-state index contributed by atoms with van der Waals surface area (Å²) in [6.45, 7) is 4.72. The molecule has 1 N–H and O–H groups in total. The summed E-state index contributed by atoms with van der Waals surface area (Å²) in [5.41, 5.74) is 1.56. The third-order valence-electron chi connectivity index (χ3n) is 4.61. The Kier molecular flexibility index (Phi) is 6.37. The number of rotatable bonds is 5. The number of nitrogens with zero attached hydrogens (tertiary/aromatic N) is 2. The second-order valence-corrected chi connectivity index (χ2v) is 6.36. The Morgan fingerprint density at radius 2 is 1.68 bits per heavy atom. The van der Waals surface area contributed by atoms with Crippen molar-refractivity contribution in [3.8, 4) is 11.5 Å². The Balaban J connectivity index is 1.55. The monoisotopic (exact) mass is 383 g/mol. The number of carbonyl (C=O) groups is 2. The van der Waals surface area contributed by atoms with Gasteiger partial charge in [-0.3, -0.25) is 9.59 Å². The molecule has 0 spiro atoms. The van der Waals surface area contributed by atoms with E-state index in [0.717, 1.165) is 17.2 Å². The average Bonchev–Trinajstić information content (AvgIpc) is 2.75. The Labute approximate surface area is 164 Å². The van der Waals surface area contributed by atoms with Gasteiger partial charge in [0, 0.05) is 31.9 Å². The Morgan fingerprint density at radius 3 is 2.32 bits per heavy atom. The summed E-state index contributed by atoms with van der Waals surface area (Å²) in [6, 6.07) is 14.7. The molecule has 2 amide bonds. The molecule has 0 atom stereocenters. The van der Waals surface area contributed by atoms with Crippen molar-refractivity contribution < 1.29 is 19.1 Å². The van der Waals surface area contributed by atoms with Gasteiger partial charge in [0.15, 0.2) is 0 Å². The van der Waals surface area contributed by atoms with Gasteiger partial charge in [-0.05, 0) is 43.3 Å². The molecule has 28 heavy (non-hydrogen) atoms. The fourth-order valence-electron chi connectivity index (χ4n) is 3.17. The van der Waals surface area contributed by atoms with E-state index in [1.807, 2.05) is 31.2 Å². The molecule has 1 aliphatic rings. The van der Waals surface area contributed by atoms with Gasteiger partial charge in [0.1, 0.15) is 11.5 Å². The zero-order valence-electron chi connectivity index (χ0n) is 16.2. The predicted molar refractivity (Wildman–Crippen MR) is 108 cm³/mol. The highest BCUT2D eigenvalue weighted by Gasteiger charge is 2.27. The largest absolute Gasteiger partial charge is 0.495 e. The highest BCUT2D eigenvalue weighted by Crippen LogP contribution is 2.28. The molecule has 2 aromatic carbocycles. The number of carbonyl (C=O) groups excluding carboxylic acids is 2. The van der Waals surface area contributed by atoms with Crippen molar-refractivity contribution in [2.24, 2.45) is 0 Å². The third kappa shape index (κ3) is 4.54. The molecule has 1 fully saturated rings. The van der Waals surface area contributed by atoms with Gasteiger partial charge in [0.05, 0.1) is 19.4 Å². The lowest BCUT2D eigenvalue weighted by atomic mass is 10.2. The molecule has 0 unspecified atom stereocenters. The second-order valence-electron chi connectivity index (χ2n) is 6.36. The average molecular weight is 383 g/mol. The molecule has 0 saturated carbocycles. The maximum atomic E-state index is 12.5. The van der Waals surface area contributed by atoms with Crippen LogP contribution in [0.5, 0.6) is 11.5 Å². The van der Waals surface area contributed by atoms with Crippen molar-refractivity contribution in [3.63, 3.8) is 0 Å². The highest BCUT2D eigenvalue weighted by molar-refractivity contribution is 6.39. The molecule has 2 aromatic rings. The molecule has 0 aliphatic carbocycles. The maximum Gasteiger partial charge on any atom is 0.313 e. The van der Waals surface area contributed by atoms with Crippen LogP contribution in [0.2, 0.25) is 0 Å². The van der Waals surface area contributed by atoms with Crippen molar-refractivity contribution in [2.45, 2.75) is 6.92 Å². The topological polar surface area (TPSA) is 71.1 Å². The minimum atomic E-state index is -0.630. The quantitative estimate of drug-likeness (QED) is 0.803. The molecule has 7 heteroatoms. The first-order valence-electron chi connectivity index (χ1n) is 9.33. The number of hydrogen-bond donors (Lipinski definition) is 1. The van der Waals surface area contributed by atoms with Gasteiger partial charge in [-0.2, -0.15) is 0 Å². The van der Waals surface area contributed by atoms with E-state index in [1.165, 1.54) is 0 Å². The number of amides is 2. The zero-order valence-corrected chi connectivity index (χ0v) is 16.2. The molecular formula is C21H25N3O4. The lowest BCUT2D eigenvalue weighted by Gasteiger charge is -2.36. The van der Waals surface area contributed by atoms with E-state index in [-0.39, 0.29) is 0 Å². The number of hydrogen-bond acceptors (Lipinski definition) is 5. The standard InChI is InChI=1S/C21H25N3O4/c1-3-28-17-10-8-16(9-11-17)22-20(25)21(26)24-14-12-23(13-15-24)18-6-4-5-7-19(18)27-2/h4-11H,3,12-15H2,1-2H3,(H,22,25). The number of methoxy groups -OCH3 is 1. The van der Waals surface area contributed by atoms with Gasteiger partial charge in [-0.25, -0.2) is 0 Å². The van der Waals surface area contributed by atoms with Crippen LogP contribution in [0.25, 0.3) is 0 Å². The molecule has 148 valence electrons. The predicted octanol–water partition coefficient (Wildman–Crippen LogP) is 2.38. The van der Waals surface area contributed by atoms with Crippen LogP contribution in [-0.2, 0) is 9.59 Å². The van der Waals surface area contributed by atoms with Crippen LogP contribution >= 0.6 is 0 Å². The third-order valence-corrected chi connectivity index (χ3v) is 4.61. The second kappa shape index (κ2) is 9.12. The number of benzene rings is 2.